The van der Waals surface area contributed by atoms with Gasteiger partial charge in [0.15, 0.2) is 0 Å². The molecule has 1 aliphatic heterocycles. The Morgan fingerprint density at radius 3 is 2.35 bits per heavy atom. The van der Waals surface area contributed by atoms with E-state index in [1.807, 2.05) is 32.6 Å². The number of hydrogen-bond donors (Lipinski definition) is 2. The number of hydrogen-bond acceptors (Lipinski definition) is 3. The van der Waals surface area contributed by atoms with E-state index in [0.29, 0.717) is 13.0 Å². The molecule has 0 bridgehead atoms. The van der Waals surface area contributed by atoms with Crippen LogP contribution in [0, 0.1) is 11.8 Å². The second kappa shape index (κ2) is 11.0. The molecule has 0 aliphatic carbocycles. The SMILES string of the molecule is CC(C)[C@@H]1NC(=O)[C@@H](CC(=O)O)CCC/C=C/CCCN(C(C)C)C1=O. The third-order valence-corrected chi connectivity index (χ3v) is 4.79. The summed E-state index contributed by atoms with van der Waals surface area (Å²) in [7, 11) is 0. The van der Waals surface area contributed by atoms with Crippen LogP contribution in [0.3, 0.4) is 0 Å². The topological polar surface area (TPSA) is 86.7 Å². The Morgan fingerprint density at radius 2 is 1.81 bits per heavy atom. The van der Waals surface area contributed by atoms with Gasteiger partial charge < -0.3 is 15.3 Å². The van der Waals surface area contributed by atoms with Crippen LogP contribution in [0.15, 0.2) is 12.2 Å². The second-order valence-corrected chi connectivity index (χ2v) is 7.69. The number of aliphatic carboxylic acids is 1. The molecule has 148 valence electrons. The lowest BCUT2D eigenvalue weighted by Gasteiger charge is -2.33. The van der Waals surface area contributed by atoms with E-state index in [1.54, 1.807) is 0 Å². The first-order valence-electron chi connectivity index (χ1n) is 9.71. The molecule has 0 saturated carbocycles. The van der Waals surface area contributed by atoms with Crippen molar-refractivity contribution in [3.05, 3.63) is 12.2 Å². The van der Waals surface area contributed by atoms with Gasteiger partial charge in [-0.2, -0.15) is 0 Å². The van der Waals surface area contributed by atoms with Crippen molar-refractivity contribution in [1.82, 2.24) is 10.2 Å². The van der Waals surface area contributed by atoms with E-state index in [-0.39, 0.29) is 30.2 Å². The Balaban J connectivity index is 3.07. The van der Waals surface area contributed by atoms with Gasteiger partial charge in [-0.05, 0) is 51.9 Å². The van der Waals surface area contributed by atoms with E-state index < -0.39 is 17.9 Å². The van der Waals surface area contributed by atoms with Crippen LogP contribution in [0.2, 0.25) is 0 Å². The monoisotopic (exact) mass is 366 g/mol. The zero-order valence-corrected chi connectivity index (χ0v) is 16.5. The van der Waals surface area contributed by atoms with Gasteiger partial charge in [0.25, 0.3) is 0 Å². The summed E-state index contributed by atoms with van der Waals surface area (Å²) in [5.74, 6) is -2.07. The molecule has 0 saturated heterocycles. The van der Waals surface area contributed by atoms with Crippen molar-refractivity contribution >= 4 is 17.8 Å². The Hall–Kier alpha value is -1.85. The number of nitrogens with one attached hydrogen (secondary N) is 1. The molecule has 0 spiro atoms. The van der Waals surface area contributed by atoms with E-state index in [4.69, 9.17) is 5.11 Å². The molecule has 2 amide bonds. The molecule has 26 heavy (non-hydrogen) atoms. The van der Waals surface area contributed by atoms with Crippen LogP contribution < -0.4 is 5.32 Å². The summed E-state index contributed by atoms with van der Waals surface area (Å²) in [6.45, 7) is 8.41. The Kier molecular flexibility index (Phi) is 9.38. The number of rotatable bonds is 4. The van der Waals surface area contributed by atoms with Gasteiger partial charge in [0, 0.05) is 18.5 Å². The van der Waals surface area contributed by atoms with Crippen LogP contribution in [0.25, 0.3) is 0 Å². The number of carboxylic acids is 1. The van der Waals surface area contributed by atoms with Crippen LogP contribution in [-0.4, -0.2) is 46.4 Å². The lowest BCUT2D eigenvalue weighted by Crippen LogP contribution is -2.54. The van der Waals surface area contributed by atoms with Crippen molar-refractivity contribution < 1.29 is 19.5 Å². The first-order chi connectivity index (χ1) is 12.2. The molecule has 0 fully saturated rings. The normalized spacial score (nSPS) is 25.1. The quantitative estimate of drug-likeness (QED) is 0.749. The van der Waals surface area contributed by atoms with Crippen LogP contribution in [-0.2, 0) is 14.4 Å². The lowest BCUT2D eigenvalue weighted by molar-refractivity contribution is -0.143. The number of carbonyl (C=O) groups excluding carboxylic acids is 2. The van der Waals surface area contributed by atoms with Crippen LogP contribution in [0.5, 0.6) is 0 Å². The molecule has 2 atom stereocenters. The minimum absolute atomic E-state index is 0.0485. The van der Waals surface area contributed by atoms with Crippen LogP contribution >= 0.6 is 0 Å². The molecule has 1 rings (SSSR count). The summed E-state index contributed by atoms with van der Waals surface area (Å²) in [5.41, 5.74) is 0. The van der Waals surface area contributed by atoms with Crippen LogP contribution in [0.4, 0.5) is 0 Å². The van der Waals surface area contributed by atoms with Gasteiger partial charge in [-0.25, -0.2) is 0 Å². The molecule has 6 nitrogen and oxygen atoms in total. The Bertz CT molecular complexity index is 514. The fraction of sp³-hybridized carbons (Fsp3) is 0.750. The highest BCUT2D eigenvalue weighted by Crippen LogP contribution is 2.17. The lowest BCUT2D eigenvalue weighted by atomic mass is 9.95. The zero-order chi connectivity index (χ0) is 19.7. The molecule has 0 aromatic rings. The van der Waals surface area contributed by atoms with E-state index >= 15 is 0 Å². The van der Waals surface area contributed by atoms with Gasteiger partial charge in [0.05, 0.1) is 6.42 Å². The van der Waals surface area contributed by atoms with Gasteiger partial charge in [0.1, 0.15) is 6.04 Å². The van der Waals surface area contributed by atoms with Gasteiger partial charge in [-0.3, -0.25) is 14.4 Å². The maximum atomic E-state index is 13.0. The number of carboxylic acid groups (broad SMARTS) is 1. The van der Waals surface area contributed by atoms with E-state index in [2.05, 4.69) is 17.5 Å². The second-order valence-electron chi connectivity index (χ2n) is 7.69. The van der Waals surface area contributed by atoms with Gasteiger partial charge in [0.2, 0.25) is 11.8 Å². The number of amides is 2. The molecule has 0 radical (unpaired) electrons. The fourth-order valence-corrected chi connectivity index (χ4v) is 3.22. The smallest absolute Gasteiger partial charge is 0.304 e. The fourth-order valence-electron chi connectivity index (χ4n) is 3.22. The maximum Gasteiger partial charge on any atom is 0.304 e. The summed E-state index contributed by atoms with van der Waals surface area (Å²) in [6.07, 6.45) is 7.90. The van der Waals surface area contributed by atoms with E-state index in [1.165, 1.54) is 0 Å². The van der Waals surface area contributed by atoms with Crippen molar-refractivity contribution in [3.63, 3.8) is 0 Å². The minimum atomic E-state index is -0.988. The van der Waals surface area contributed by atoms with Crippen molar-refractivity contribution in [2.24, 2.45) is 11.8 Å². The van der Waals surface area contributed by atoms with Crippen molar-refractivity contribution in [2.45, 2.75) is 78.3 Å². The predicted octanol–water partition coefficient (Wildman–Crippen LogP) is 2.98. The molecule has 0 aromatic heterocycles. The molecular weight excluding hydrogens is 332 g/mol. The standard InChI is InChI=1S/C20H34N2O4/c1-14(2)18-20(26)22(15(3)4)12-10-8-6-5-7-9-11-16(13-17(23)24)19(25)21-18/h5-6,14-16,18H,7-13H2,1-4H3,(H,21,25)(H,23,24)/b6-5+/t16-,18+/m1/s1. The first-order valence-corrected chi connectivity index (χ1v) is 9.71. The molecule has 1 aliphatic rings. The van der Waals surface area contributed by atoms with E-state index in [0.717, 1.165) is 25.7 Å². The number of nitrogens with zero attached hydrogens (tertiary/aromatic N) is 1. The molecule has 0 unspecified atom stereocenters. The average molecular weight is 367 g/mol. The number of allylic oxidation sites excluding steroid dienone is 2. The highest BCUT2D eigenvalue weighted by Gasteiger charge is 2.32. The van der Waals surface area contributed by atoms with Crippen LogP contribution in [0.1, 0.15) is 66.2 Å². The zero-order valence-electron chi connectivity index (χ0n) is 16.5. The van der Waals surface area contributed by atoms with E-state index in [9.17, 15) is 14.4 Å². The molecule has 2 N–H and O–H groups in total. The highest BCUT2D eigenvalue weighted by atomic mass is 16.4. The average Bonchev–Trinajstić information content (AvgIpc) is 2.54. The number of carbonyl (C=O) groups is 3. The predicted molar refractivity (Wildman–Crippen MR) is 102 cm³/mol. The summed E-state index contributed by atoms with van der Waals surface area (Å²) in [6, 6.07) is -0.577. The highest BCUT2D eigenvalue weighted by molar-refractivity contribution is 5.90. The van der Waals surface area contributed by atoms with Crippen molar-refractivity contribution in [1.29, 1.82) is 0 Å². The van der Waals surface area contributed by atoms with Crippen molar-refractivity contribution in [3.8, 4) is 0 Å². The van der Waals surface area contributed by atoms with Gasteiger partial charge in [-0.1, -0.05) is 26.0 Å². The molecule has 1 heterocycles. The summed E-state index contributed by atoms with van der Waals surface area (Å²) in [4.78, 5) is 38.7. The molecule has 0 aromatic carbocycles. The largest absolute Gasteiger partial charge is 0.481 e. The third kappa shape index (κ3) is 7.18. The molecule has 6 heteroatoms. The summed E-state index contributed by atoms with van der Waals surface area (Å²) < 4.78 is 0. The Morgan fingerprint density at radius 1 is 1.19 bits per heavy atom. The maximum absolute atomic E-state index is 13.0. The van der Waals surface area contributed by atoms with Gasteiger partial charge in [-0.15, -0.1) is 0 Å². The first kappa shape index (κ1) is 22.2. The minimum Gasteiger partial charge on any atom is -0.481 e. The summed E-state index contributed by atoms with van der Waals surface area (Å²) >= 11 is 0. The Labute approximate surface area is 157 Å². The molecular formula is C20H34N2O4. The summed E-state index contributed by atoms with van der Waals surface area (Å²) in [5, 5.41) is 12.0. The van der Waals surface area contributed by atoms with Crippen molar-refractivity contribution in [2.75, 3.05) is 6.54 Å². The van der Waals surface area contributed by atoms with Gasteiger partial charge >= 0.3 is 5.97 Å². The third-order valence-electron chi connectivity index (χ3n) is 4.79.